The normalized spacial score (nSPS) is 12.4. The summed E-state index contributed by atoms with van der Waals surface area (Å²) in [6, 6.07) is 0. The lowest BCUT2D eigenvalue weighted by Crippen LogP contribution is -2.14. The van der Waals surface area contributed by atoms with Gasteiger partial charge >= 0.3 is 5.97 Å². The zero-order valence-corrected chi connectivity index (χ0v) is 17.0. The average Bonchev–Trinajstić information content (AvgIpc) is 2.57. The van der Waals surface area contributed by atoms with E-state index in [9.17, 15) is 4.79 Å². The van der Waals surface area contributed by atoms with Crippen LogP contribution in [-0.2, 0) is 4.79 Å². The van der Waals surface area contributed by atoms with Gasteiger partial charge in [0.25, 0.3) is 0 Å². The van der Waals surface area contributed by atoms with Crippen molar-refractivity contribution in [3.8, 4) is 0 Å². The van der Waals surface area contributed by atoms with Crippen molar-refractivity contribution in [2.24, 2.45) is 5.92 Å². The second-order valence-corrected chi connectivity index (χ2v) is 7.67. The highest BCUT2D eigenvalue weighted by Gasteiger charge is 2.14. The molecule has 0 amide bonds. The van der Waals surface area contributed by atoms with Crippen molar-refractivity contribution in [2.75, 3.05) is 5.75 Å². The molecule has 0 aliphatic rings. The van der Waals surface area contributed by atoms with E-state index in [1.165, 1.54) is 96.3 Å². The minimum Gasteiger partial charge on any atom is -0.481 e. The number of carboxylic acid groups (broad SMARTS) is 1. The zero-order valence-electron chi connectivity index (χ0n) is 16.1. The first-order valence-corrected chi connectivity index (χ1v) is 11.2. The molecule has 0 aliphatic carbocycles. The number of hydrogen-bond acceptors (Lipinski definition) is 2. The summed E-state index contributed by atoms with van der Waals surface area (Å²) in [7, 11) is 0. The molecule has 0 aromatic heterocycles. The highest BCUT2D eigenvalue weighted by atomic mass is 32.1. The molecule has 0 radical (unpaired) electrons. The summed E-state index contributed by atoms with van der Waals surface area (Å²) >= 11 is 4.11. The number of rotatable bonds is 19. The summed E-state index contributed by atoms with van der Waals surface area (Å²) in [5.74, 6) is -0.473. The van der Waals surface area contributed by atoms with Gasteiger partial charge in [-0.05, 0) is 6.42 Å². The lowest BCUT2D eigenvalue weighted by molar-refractivity contribution is -0.141. The zero-order chi connectivity index (χ0) is 17.9. The molecular weight excluding hydrogens is 316 g/mol. The fraction of sp³-hybridized carbons (Fsp3) is 0.952. The van der Waals surface area contributed by atoms with Gasteiger partial charge in [0.1, 0.15) is 0 Å². The predicted octanol–water partition coefficient (Wildman–Crippen LogP) is 7.27. The van der Waals surface area contributed by atoms with Gasteiger partial charge in [-0.25, -0.2) is 0 Å². The molecule has 0 saturated carbocycles. The van der Waals surface area contributed by atoms with Crippen LogP contribution in [0, 0.1) is 5.92 Å². The molecule has 0 spiro atoms. The van der Waals surface area contributed by atoms with E-state index in [-0.39, 0.29) is 5.92 Å². The van der Waals surface area contributed by atoms with E-state index in [1.54, 1.807) is 0 Å². The van der Waals surface area contributed by atoms with Crippen molar-refractivity contribution < 1.29 is 9.90 Å². The van der Waals surface area contributed by atoms with Gasteiger partial charge in [0.2, 0.25) is 0 Å². The number of unbranched alkanes of at least 4 members (excludes halogenated alkanes) is 15. The largest absolute Gasteiger partial charge is 0.481 e. The van der Waals surface area contributed by atoms with Crippen LogP contribution in [0.3, 0.4) is 0 Å². The summed E-state index contributed by atoms with van der Waals surface area (Å²) in [4.78, 5) is 10.9. The van der Waals surface area contributed by atoms with E-state index in [4.69, 9.17) is 5.11 Å². The summed E-state index contributed by atoms with van der Waals surface area (Å²) in [5.41, 5.74) is 0. The van der Waals surface area contributed by atoms with Crippen LogP contribution in [0.2, 0.25) is 0 Å². The van der Waals surface area contributed by atoms with E-state index in [0.717, 1.165) is 12.8 Å². The Morgan fingerprint density at radius 2 is 1.04 bits per heavy atom. The van der Waals surface area contributed by atoms with Crippen LogP contribution in [0.1, 0.15) is 116 Å². The minimum absolute atomic E-state index is 0.250. The fourth-order valence-electron chi connectivity index (χ4n) is 3.23. The van der Waals surface area contributed by atoms with Crippen LogP contribution >= 0.6 is 12.6 Å². The molecule has 1 unspecified atom stereocenters. The third-order valence-electron chi connectivity index (χ3n) is 4.98. The second-order valence-electron chi connectivity index (χ2n) is 7.31. The predicted molar refractivity (Wildman–Crippen MR) is 109 cm³/mol. The van der Waals surface area contributed by atoms with Crippen LogP contribution in [0.25, 0.3) is 0 Å². The van der Waals surface area contributed by atoms with E-state index in [2.05, 4.69) is 19.6 Å². The minimum atomic E-state index is -0.689. The van der Waals surface area contributed by atoms with Gasteiger partial charge in [-0.3, -0.25) is 4.79 Å². The molecule has 2 nitrogen and oxygen atoms in total. The fourth-order valence-corrected chi connectivity index (χ4v) is 3.57. The first kappa shape index (κ1) is 23.8. The first-order valence-electron chi connectivity index (χ1n) is 10.6. The van der Waals surface area contributed by atoms with E-state index >= 15 is 0 Å². The van der Waals surface area contributed by atoms with Crippen LogP contribution in [0.15, 0.2) is 0 Å². The van der Waals surface area contributed by atoms with Gasteiger partial charge in [0.15, 0.2) is 0 Å². The maximum Gasteiger partial charge on any atom is 0.307 e. The standard InChI is InChI=1S/C21H42O2S/c1-2-3-4-5-6-7-8-9-10-11-12-13-14-15-16-17-18-20(19-24)21(22)23/h20,24H,2-19H2,1H3,(H,22,23). The Morgan fingerprint density at radius 3 is 1.33 bits per heavy atom. The summed E-state index contributed by atoms with van der Waals surface area (Å²) in [6.07, 6.45) is 22.5. The Kier molecular flexibility index (Phi) is 19.0. The lowest BCUT2D eigenvalue weighted by atomic mass is 10.0. The molecule has 24 heavy (non-hydrogen) atoms. The Bertz CT molecular complexity index is 269. The van der Waals surface area contributed by atoms with Crippen molar-refractivity contribution in [3.05, 3.63) is 0 Å². The van der Waals surface area contributed by atoms with E-state index < -0.39 is 5.97 Å². The highest BCUT2D eigenvalue weighted by Crippen LogP contribution is 2.16. The van der Waals surface area contributed by atoms with Gasteiger partial charge in [-0.1, -0.05) is 110 Å². The Morgan fingerprint density at radius 1 is 0.708 bits per heavy atom. The molecular formula is C21H42O2S. The molecule has 3 heteroatoms. The van der Waals surface area contributed by atoms with Gasteiger partial charge in [-0.15, -0.1) is 0 Å². The van der Waals surface area contributed by atoms with E-state index in [1.807, 2.05) is 0 Å². The van der Waals surface area contributed by atoms with Crippen LogP contribution in [0.4, 0.5) is 0 Å². The van der Waals surface area contributed by atoms with Crippen molar-refractivity contribution in [1.82, 2.24) is 0 Å². The van der Waals surface area contributed by atoms with Crippen molar-refractivity contribution in [2.45, 2.75) is 116 Å². The van der Waals surface area contributed by atoms with Crippen molar-refractivity contribution in [1.29, 1.82) is 0 Å². The number of thiol groups is 1. The number of hydrogen-bond donors (Lipinski definition) is 2. The van der Waals surface area contributed by atoms with Crippen molar-refractivity contribution >= 4 is 18.6 Å². The van der Waals surface area contributed by atoms with Crippen molar-refractivity contribution in [3.63, 3.8) is 0 Å². The number of carbonyl (C=O) groups is 1. The van der Waals surface area contributed by atoms with Crippen LogP contribution in [-0.4, -0.2) is 16.8 Å². The Balaban J connectivity index is 3.11. The summed E-state index contributed by atoms with van der Waals surface area (Å²) in [6.45, 7) is 2.28. The molecule has 0 rings (SSSR count). The lowest BCUT2D eigenvalue weighted by Gasteiger charge is -2.08. The quantitative estimate of drug-likeness (QED) is 0.188. The van der Waals surface area contributed by atoms with Crippen LogP contribution < -0.4 is 0 Å². The molecule has 0 bridgehead atoms. The molecule has 1 atom stereocenters. The monoisotopic (exact) mass is 358 g/mol. The molecule has 0 aromatic carbocycles. The Hall–Kier alpha value is -0.180. The van der Waals surface area contributed by atoms with Gasteiger partial charge in [0, 0.05) is 5.75 Å². The molecule has 0 aliphatic heterocycles. The third-order valence-corrected chi connectivity index (χ3v) is 5.42. The molecule has 0 fully saturated rings. The maximum atomic E-state index is 10.9. The average molecular weight is 359 g/mol. The summed E-state index contributed by atoms with van der Waals surface area (Å²) < 4.78 is 0. The number of aliphatic carboxylic acids is 1. The van der Waals surface area contributed by atoms with E-state index in [0.29, 0.717) is 5.75 Å². The third kappa shape index (κ3) is 16.7. The van der Waals surface area contributed by atoms with Gasteiger partial charge in [0.05, 0.1) is 5.92 Å². The smallest absolute Gasteiger partial charge is 0.307 e. The van der Waals surface area contributed by atoms with Gasteiger partial charge < -0.3 is 5.11 Å². The summed E-state index contributed by atoms with van der Waals surface area (Å²) in [5, 5.41) is 8.95. The highest BCUT2D eigenvalue weighted by molar-refractivity contribution is 7.80. The molecule has 0 aromatic rings. The molecule has 144 valence electrons. The maximum absolute atomic E-state index is 10.9. The first-order chi connectivity index (χ1) is 11.7. The van der Waals surface area contributed by atoms with Crippen LogP contribution in [0.5, 0.6) is 0 Å². The Labute approximate surface area is 156 Å². The molecule has 1 N–H and O–H groups in total. The second kappa shape index (κ2) is 19.1. The molecule has 0 heterocycles. The molecule has 0 saturated heterocycles. The van der Waals surface area contributed by atoms with Gasteiger partial charge in [-0.2, -0.15) is 12.6 Å². The number of carboxylic acids is 1. The topological polar surface area (TPSA) is 37.3 Å². The SMILES string of the molecule is CCCCCCCCCCCCCCCCCCC(CS)C(=O)O.